The fourth-order valence-corrected chi connectivity index (χ4v) is 1.51. The molecule has 1 aromatic rings. The maximum Gasteiger partial charge on any atom is 0.335 e. The maximum atomic E-state index is 11.2. The van der Waals surface area contributed by atoms with Crippen molar-refractivity contribution in [1.29, 1.82) is 0 Å². The van der Waals surface area contributed by atoms with Gasteiger partial charge in [0, 0.05) is 19.6 Å². The van der Waals surface area contributed by atoms with Gasteiger partial charge in [-0.3, -0.25) is 0 Å². The number of carboxylic acids is 1. The number of amides is 2. The molecule has 1 rings (SSSR count). The number of nitrogens with two attached hydrogens (primary N) is 1. The zero-order chi connectivity index (χ0) is 13.4. The first-order chi connectivity index (χ1) is 8.65. The van der Waals surface area contributed by atoms with Crippen molar-refractivity contribution in [2.24, 2.45) is 5.73 Å². The molecule has 98 valence electrons. The molecule has 0 spiro atoms. The first-order valence-electron chi connectivity index (χ1n) is 5.68. The molecule has 0 heterocycles. The van der Waals surface area contributed by atoms with E-state index in [2.05, 4.69) is 10.6 Å². The van der Waals surface area contributed by atoms with Gasteiger partial charge in [0.05, 0.1) is 5.56 Å². The van der Waals surface area contributed by atoms with Gasteiger partial charge in [-0.05, 0) is 18.1 Å². The van der Waals surface area contributed by atoms with Crippen molar-refractivity contribution < 1.29 is 14.7 Å². The third-order valence-corrected chi connectivity index (χ3v) is 2.36. The van der Waals surface area contributed by atoms with Gasteiger partial charge in [-0.2, -0.15) is 0 Å². The van der Waals surface area contributed by atoms with Gasteiger partial charge in [0.1, 0.15) is 0 Å². The van der Waals surface area contributed by atoms with Crippen LogP contribution in [-0.2, 0) is 6.42 Å². The van der Waals surface area contributed by atoms with Crippen LogP contribution in [-0.4, -0.2) is 36.7 Å². The fourth-order valence-electron chi connectivity index (χ4n) is 1.51. The largest absolute Gasteiger partial charge is 0.478 e. The number of hydrogen-bond donors (Lipinski definition) is 4. The zero-order valence-electron chi connectivity index (χ0n) is 9.98. The average Bonchev–Trinajstić information content (AvgIpc) is 2.36. The summed E-state index contributed by atoms with van der Waals surface area (Å²) >= 11 is 0. The first kappa shape index (κ1) is 14.0. The molecule has 0 aromatic heterocycles. The van der Waals surface area contributed by atoms with E-state index in [1.165, 1.54) is 0 Å². The minimum atomic E-state index is -0.960. The molecule has 0 bridgehead atoms. The van der Waals surface area contributed by atoms with Gasteiger partial charge >= 0.3 is 12.0 Å². The molecule has 0 fully saturated rings. The van der Waals surface area contributed by atoms with E-state index in [0.29, 0.717) is 31.6 Å². The molecule has 6 nitrogen and oxygen atoms in total. The van der Waals surface area contributed by atoms with Gasteiger partial charge in [-0.15, -0.1) is 0 Å². The van der Waals surface area contributed by atoms with Crippen LogP contribution in [0.4, 0.5) is 4.79 Å². The Bertz CT molecular complexity index is 421. The van der Waals surface area contributed by atoms with Crippen LogP contribution in [0.25, 0.3) is 0 Å². The van der Waals surface area contributed by atoms with Crippen molar-refractivity contribution in [2.75, 3.05) is 19.6 Å². The lowest BCUT2D eigenvalue weighted by atomic mass is 10.0. The summed E-state index contributed by atoms with van der Waals surface area (Å²) in [6.07, 6.45) is 0.471. The lowest BCUT2D eigenvalue weighted by molar-refractivity contribution is 0.0695. The average molecular weight is 251 g/mol. The van der Waals surface area contributed by atoms with Gasteiger partial charge in [0.15, 0.2) is 0 Å². The Labute approximate surface area is 105 Å². The van der Waals surface area contributed by atoms with Crippen LogP contribution in [0.5, 0.6) is 0 Å². The molecule has 1 aromatic carbocycles. The minimum Gasteiger partial charge on any atom is -0.478 e. The molecule has 0 aliphatic rings. The number of hydrogen-bond acceptors (Lipinski definition) is 3. The van der Waals surface area contributed by atoms with Crippen LogP contribution in [0, 0.1) is 0 Å². The monoisotopic (exact) mass is 251 g/mol. The van der Waals surface area contributed by atoms with E-state index >= 15 is 0 Å². The number of nitrogens with one attached hydrogen (secondary N) is 2. The van der Waals surface area contributed by atoms with Gasteiger partial charge < -0.3 is 21.5 Å². The van der Waals surface area contributed by atoms with E-state index in [9.17, 15) is 9.59 Å². The summed E-state index contributed by atoms with van der Waals surface area (Å²) in [6, 6.07) is 6.44. The summed E-state index contributed by atoms with van der Waals surface area (Å²) in [6.45, 7) is 1.17. The molecule has 0 radical (unpaired) electrons. The van der Waals surface area contributed by atoms with Crippen LogP contribution in [0.2, 0.25) is 0 Å². The van der Waals surface area contributed by atoms with Gasteiger partial charge in [-0.25, -0.2) is 9.59 Å². The molecule has 6 heteroatoms. The third kappa shape index (κ3) is 4.42. The highest BCUT2D eigenvalue weighted by Crippen LogP contribution is 2.08. The fraction of sp³-hybridized carbons (Fsp3) is 0.333. The SMILES string of the molecule is NCCNC(=O)NCCc1ccccc1C(=O)O. The van der Waals surface area contributed by atoms with Crippen molar-refractivity contribution in [3.8, 4) is 0 Å². The van der Waals surface area contributed by atoms with E-state index in [1.807, 2.05) is 0 Å². The van der Waals surface area contributed by atoms with E-state index < -0.39 is 5.97 Å². The lowest BCUT2D eigenvalue weighted by Crippen LogP contribution is -2.39. The van der Waals surface area contributed by atoms with Crippen molar-refractivity contribution in [3.63, 3.8) is 0 Å². The Kier molecular flexibility index (Phi) is 5.66. The number of benzene rings is 1. The Hall–Kier alpha value is -2.08. The third-order valence-electron chi connectivity index (χ3n) is 2.36. The van der Waals surface area contributed by atoms with E-state index in [-0.39, 0.29) is 11.6 Å². The van der Waals surface area contributed by atoms with Crippen molar-refractivity contribution in [1.82, 2.24) is 10.6 Å². The lowest BCUT2D eigenvalue weighted by Gasteiger charge is -2.08. The molecule has 0 saturated carbocycles. The molecule has 5 N–H and O–H groups in total. The molecule has 0 unspecified atom stereocenters. The smallest absolute Gasteiger partial charge is 0.335 e. The predicted octanol–water partition coefficient (Wildman–Crippen LogP) is 0.185. The normalized spacial score (nSPS) is 9.83. The zero-order valence-corrected chi connectivity index (χ0v) is 9.98. The Morgan fingerprint density at radius 3 is 2.50 bits per heavy atom. The van der Waals surface area contributed by atoms with Crippen molar-refractivity contribution >= 4 is 12.0 Å². The highest BCUT2D eigenvalue weighted by molar-refractivity contribution is 5.89. The summed E-state index contributed by atoms with van der Waals surface area (Å²) in [4.78, 5) is 22.2. The Morgan fingerprint density at radius 1 is 1.17 bits per heavy atom. The highest BCUT2D eigenvalue weighted by Gasteiger charge is 2.08. The molecular weight excluding hydrogens is 234 g/mol. The quantitative estimate of drug-likeness (QED) is 0.579. The standard InChI is InChI=1S/C12H17N3O3/c13-6-8-15-12(18)14-7-5-9-3-1-2-4-10(9)11(16)17/h1-4H,5-8,13H2,(H,16,17)(H2,14,15,18). The summed E-state index contributed by atoms with van der Waals surface area (Å²) in [5.41, 5.74) is 6.21. The summed E-state index contributed by atoms with van der Waals surface area (Å²) in [5, 5.41) is 14.2. The van der Waals surface area contributed by atoms with E-state index in [0.717, 1.165) is 0 Å². The number of urea groups is 1. The van der Waals surface area contributed by atoms with Crippen molar-refractivity contribution in [3.05, 3.63) is 35.4 Å². The first-order valence-corrected chi connectivity index (χ1v) is 5.68. The number of carbonyl (C=O) groups is 2. The summed E-state index contributed by atoms with van der Waals surface area (Å²) in [7, 11) is 0. The van der Waals surface area contributed by atoms with Crippen LogP contribution >= 0.6 is 0 Å². The maximum absolute atomic E-state index is 11.2. The van der Waals surface area contributed by atoms with Gasteiger partial charge in [0.2, 0.25) is 0 Å². The van der Waals surface area contributed by atoms with Gasteiger partial charge in [-0.1, -0.05) is 18.2 Å². The van der Waals surface area contributed by atoms with Crippen LogP contribution < -0.4 is 16.4 Å². The summed E-state index contributed by atoms with van der Waals surface area (Å²) < 4.78 is 0. The Balaban J connectivity index is 2.44. The van der Waals surface area contributed by atoms with Crippen LogP contribution in [0.15, 0.2) is 24.3 Å². The van der Waals surface area contributed by atoms with Crippen LogP contribution in [0.3, 0.4) is 0 Å². The predicted molar refractivity (Wildman–Crippen MR) is 67.6 cm³/mol. The number of carboxylic acid groups (broad SMARTS) is 1. The van der Waals surface area contributed by atoms with E-state index in [1.54, 1.807) is 24.3 Å². The topological polar surface area (TPSA) is 104 Å². The number of rotatable bonds is 6. The molecule has 18 heavy (non-hydrogen) atoms. The molecular formula is C12H17N3O3. The van der Waals surface area contributed by atoms with Gasteiger partial charge in [0.25, 0.3) is 0 Å². The second-order valence-corrected chi connectivity index (χ2v) is 3.68. The highest BCUT2D eigenvalue weighted by atomic mass is 16.4. The molecule has 2 amide bonds. The molecule has 0 saturated heterocycles. The second-order valence-electron chi connectivity index (χ2n) is 3.68. The minimum absolute atomic E-state index is 0.265. The van der Waals surface area contributed by atoms with E-state index in [4.69, 9.17) is 10.8 Å². The molecule has 0 aliphatic heterocycles. The second kappa shape index (κ2) is 7.29. The summed E-state index contributed by atoms with van der Waals surface area (Å²) in [5.74, 6) is -0.960. The van der Waals surface area contributed by atoms with Crippen LogP contribution in [0.1, 0.15) is 15.9 Å². The number of aromatic carboxylic acids is 1. The molecule has 0 atom stereocenters. The molecule has 0 aliphatic carbocycles. The number of carbonyl (C=O) groups excluding carboxylic acids is 1. The Morgan fingerprint density at radius 2 is 1.83 bits per heavy atom. The van der Waals surface area contributed by atoms with Crippen molar-refractivity contribution in [2.45, 2.75) is 6.42 Å².